The Labute approximate surface area is 169 Å². The molecule has 0 saturated heterocycles. The predicted molar refractivity (Wildman–Crippen MR) is 111 cm³/mol. The zero-order chi connectivity index (χ0) is 19.9. The van der Waals surface area contributed by atoms with E-state index in [1.807, 2.05) is 6.92 Å². The number of para-hydroxylation sites is 1. The topological polar surface area (TPSA) is 98.0 Å². The fourth-order valence-corrected chi connectivity index (χ4v) is 3.97. The third-order valence-electron chi connectivity index (χ3n) is 3.67. The van der Waals surface area contributed by atoms with Gasteiger partial charge >= 0.3 is 0 Å². The smallest absolute Gasteiger partial charge is 0.276 e. The van der Waals surface area contributed by atoms with Crippen LogP contribution in [0, 0.1) is 17.0 Å². The monoisotopic (exact) mass is 412 g/mol. The first kappa shape index (κ1) is 19.7. The third-order valence-corrected chi connectivity index (χ3v) is 5.71. The molecule has 0 aliphatic heterocycles. The van der Waals surface area contributed by atoms with Crippen molar-refractivity contribution < 1.29 is 9.72 Å². The van der Waals surface area contributed by atoms with Crippen molar-refractivity contribution in [2.24, 2.45) is 0 Å². The Hall–Kier alpha value is -3.04. The van der Waals surface area contributed by atoms with E-state index in [9.17, 15) is 14.9 Å². The van der Waals surface area contributed by atoms with Gasteiger partial charge in [-0.25, -0.2) is 0 Å². The van der Waals surface area contributed by atoms with Crippen LogP contribution in [0.2, 0.25) is 0 Å². The van der Waals surface area contributed by atoms with Gasteiger partial charge in [0.15, 0.2) is 4.34 Å². The number of carbonyl (C=O) groups is 1. The molecule has 0 bridgehead atoms. The minimum atomic E-state index is -0.486. The van der Waals surface area contributed by atoms with Crippen LogP contribution in [0.3, 0.4) is 0 Å². The molecule has 0 atom stereocenters. The molecular weight excluding hydrogens is 396 g/mol. The Balaban J connectivity index is 1.56. The SMILES string of the molecule is Cc1ccc(CSc2nnc(NC(=O)/C=C/c3ccccc3[N+](=O)[O-])s2)cc1. The predicted octanol–water partition coefficient (Wildman–Crippen LogP) is 4.70. The second-order valence-corrected chi connectivity index (χ2v) is 7.99. The quantitative estimate of drug-likeness (QED) is 0.199. The molecule has 9 heteroatoms. The Morgan fingerprint density at radius 2 is 1.96 bits per heavy atom. The summed E-state index contributed by atoms with van der Waals surface area (Å²) in [5.74, 6) is 0.338. The maximum Gasteiger partial charge on any atom is 0.276 e. The number of aromatic nitrogens is 2. The first-order valence-electron chi connectivity index (χ1n) is 8.25. The van der Waals surface area contributed by atoms with E-state index in [1.54, 1.807) is 30.0 Å². The highest BCUT2D eigenvalue weighted by Gasteiger charge is 2.11. The fourth-order valence-electron chi connectivity index (χ4n) is 2.26. The van der Waals surface area contributed by atoms with Crippen molar-refractivity contribution in [3.63, 3.8) is 0 Å². The molecule has 7 nitrogen and oxygen atoms in total. The van der Waals surface area contributed by atoms with Crippen LogP contribution in [0.4, 0.5) is 10.8 Å². The van der Waals surface area contributed by atoms with E-state index in [-0.39, 0.29) is 5.69 Å². The van der Waals surface area contributed by atoms with Gasteiger partial charge in [0.1, 0.15) is 0 Å². The standard InChI is InChI=1S/C19H16N4O3S2/c1-13-6-8-14(9-7-13)12-27-19-22-21-18(28-19)20-17(24)11-10-15-4-2-3-5-16(15)23(25)26/h2-11H,12H2,1H3,(H,20,21,24)/b11-10+. The van der Waals surface area contributed by atoms with E-state index < -0.39 is 10.8 Å². The zero-order valence-electron chi connectivity index (χ0n) is 14.9. The van der Waals surface area contributed by atoms with Gasteiger partial charge in [0.2, 0.25) is 11.0 Å². The van der Waals surface area contributed by atoms with Crippen molar-refractivity contribution in [3.05, 3.63) is 81.4 Å². The Bertz CT molecular complexity index is 1020. The average Bonchev–Trinajstić information content (AvgIpc) is 3.13. The molecule has 0 saturated carbocycles. The third kappa shape index (κ3) is 5.48. The van der Waals surface area contributed by atoms with Crippen LogP contribution in [-0.2, 0) is 10.5 Å². The molecule has 142 valence electrons. The van der Waals surface area contributed by atoms with Crippen molar-refractivity contribution in [1.29, 1.82) is 0 Å². The first-order valence-corrected chi connectivity index (χ1v) is 10.1. The fraction of sp³-hybridized carbons (Fsp3) is 0.105. The number of hydrogen-bond acceptors (Lipinski definition) is 7. The number of rotatable bonds is 7. The lowest BCUT2D eigenvalue weighted by Gasteiger charge is -1.99. The van der Waals surface area contributed by atoms with Crippen molar-refractivity contribution in [2.45, 2.75) is 17.0 Å². The normalized spacial score (nSPS) is 10.9. The highest BCUT2D eigenvalue weighted by atomic mass is 32.2. The first-order chi connectivity index (χ1) is 13.5. The number of carbonyl (C=O) groups excluding carboxylic acids is 1. The number of nitro benzene ring substituents is 1. The molecule has 0 aliphatic rings. The molecule has 2 aromatic carbocycles. The van der Waals surface area contributed by atoms with Gasteiger partial charge in [-0.2, -0.15) is 0 Å². The van der Waals surface area contributed by atoms with Gasteiger partial charge in [0.25, 0.3) is 5.69 Å². The molecule has 0 spiro atoms. The largest absolute Gasteiger partial charge is 0.297 e. The van der Waals surface area contributed by atoms with Gasteiger partial charge in [-0.05, 0) is 24.6 Å². The summed E-state index contributed by atoms with van der Waals surface area (Å²) >= 11 is 2.82. The van der Waals surface area contributed by atoms with Gasteiger partial charge in [-0.1, -0.05) is 65.1 Å². The van der Waals surface area contributed by atoms with E-state index >= 15 is 0 Å². The van der Waals surface area contributed by atoms with Crippen LogP contribution in [0.25, 0.3) is 6.08 Å². The van der Waals surface area contributed by atoms with Crippen LogP contribution in [-0.4, -0.2) is 21.0 Å². The average molecular weight is 412 g/mol. The van der Waals surface area contributed by atoms with Crippen LogP contribution >= 0.6 is 23.1 Å². The molecule has 1 heterocycles. The highest BCUT2D eigenvalue weighted by molar-refractivity contribution is 8.00. The summed E-state index contributed by atoms with van der Waals surface area (Å²) < 4.78 is 0.749. The minimum absolute atomic E-state index is 0.0581. The van der Waals surface area contributed by atoms with E-state index in [2.05, 4.69) is 39.8 Å². The summed E-state index contributed by atoms with van der Waals surface area (Å²) in [5.41, 5.74) is 2.69. The van der Waals surface area contributed by atoms with Gasteiger partial charge in [-0.3, -0.25) is 20.2 Å². The summed E-state index contributed by atoms with van der Waals surface area (Å²) in [6.07, 6.45) is 2.64. The molecule has 0 radical (unpaired) electrons. The van der Waals surface area contributed by atoms with E-state index in [0.29, 0.717) is 10.7 Å². The molecule has 3 aromatic rings. The van der Waals surface area contributed by atoms with Crippen LogP contribution in [0.1, 0.15) is 16.7 Å². The summed E-state index contributed by atoms with van der Waals surface area (Å²) in [4.78, 5) is 22.6. The van der Waals surface area contributed by atoms with Crippen LogP contribution in [0.15, 0.2) is 58.9 Å². The molecule has 0 aliphatic carbocycles. The molecule has 3 rings (SSSR count). The molecule has 28 heavy (non-hydrogen) atoms. The molecular formula is C19H16N4O3S2. The van der Waals surface area contributed by atoms with Gasteiger partial charge < -0.3 is 0 Å². The number of hydrogen-bond donors (Lipinski definition) is 1. The number of anilines is 1. The van der Waals surface area contributed by atoms with Crippen molar-refractivity contribution in [2.75, 3.05) is 5.32 Å². The number of nitrogens with one attached hydrogen (secondary N) is 1. The Morgan fingerprint density at radius 1 is 1.21 bits per heavy atom. The summed E-state index contributed by atoms with van der Waals surface area (Å²) in [7, 11) is 0. The lowest BCUT2D eigenvalue weighted by Crippen LogP contribution is -2.07. The molecule has 1 N–H and O–H groups in total. The van der Waals surface area contributed by atoms with Gasteiger partial charge in [0, 0.05) is 17.9 Å². The molecule has 0 unspecified atom stereocenters. The molecule has 1 amide bonds. The zero-order valence-corrected chi connectivity index (χ0v) is 16.5. The number of benzene rings is 2. The summed E-state index contributed by atoms with van der Waals surface area (Å²) in [6.45, 7) is 2.04. The molecule has 0 fully saturated rings. The number of amides is 1. The molecule has 1 aromatic heterocycles. The highest BCUT2D eigenvalue weighted by Crippen LogP contribution is 2.28. The summed E-state index contributed by atoms with van der Waals surface area (Å²) in [5, 5.41) is 22.0. The lowest BCUT2D eigenvalue weighted by atomic mass is 10.1. The van der Waals surface area contributed by atoms with Crippen LogP contribution < -0.4 is 5.32 Å². The number of nitrogens with zero attached hydrogens (tertiary/aromatic N) is 3. The van der Waals surface area contributed by atoms with E-state index in [4.69, 9.17) is 0 Å². The minimum Gasteiger partial charge on any atom is -0.297 e. The van der Waals surface area contributed by atoms with Gasteiger partial charge in [-0.15, -0.1) is 10.2 Å². The number of thioether (sulfide) groups is 1. The second kappa shape index (κ2) is 9.25. The van der Waals surface area contributed by atoms with Crippen molar-refractivity contribution in [3.8, 4) is 0 Å². The van der Waals surface area contributed by atoms with Gasteiger partial charge in [0.05, 0.1) is 10.5 Å². The second-order valence-electron chi connectivity index (χ2n) is 5.79. The lowest BCUT2D eigenvalue weighted by molar-refractivity contribution is -0.385. The Kier molecular flexibility index (Phi) is 6.51. The van der Waals surface area contributed by atoms with Crippen LogP contribution in [0.5, 0.6) is 0 Å². The van der Waals surface area contributed by atoms with E-state index in [0.717, 1.165) is 10.1 Å². The number of aryl methyl sites for hydroxylation is 1. The number of nitro groups is 1. The summed E-state index contributed by atoms with van der Waals surface area (Å²) in [6, 6.07) is 14.5. The van der Waals surface area contributed by atoms with Crippen molar-refractivity contribution in [1.82, 2.24) is 10.2 Å². The maximum absolute atomic E-state index is 12.1. The Morgan fingerprint density at radius 3 is 2.71 bits per heavy atom. The maximum atomic E-state index is 12.1. The van der Waals surface area contributed by atoms with Crippen molar-refractivity contribution >= 4 is 45.9 Å². The van der Waals surface area contributed by atoms with E-state index in [1.165, 1.54) is 40.7 Å².